The Balaban J connectivity index is 2.22. The number of rotatable bonds is 5. The zero-order valence-electron chi connectivity index (χ0n) is 11.9. The number of nitrogens with one attached hydrogen (secondary N) is 1. The largest absolute Gasteiger partial charge is 0.300 e. The van der Waals surface area contributed by atoms with Crippen LogP contribution in [-0.2, 0) is 5.54 Å². The minimum atomic E-state index is -0.583. The molecule has 2 unspecified atom stereocenters. The molecule has 3 heteroatoms. The summed E-state index contributed by atoms with van der Waals surface area (Å²) in [5.41, 5.74) is 0.485. The number of hydrogen-bond acceptors (Lipinski definition) is 3. The Morgan fingerprint density at radius 2 is 2.16 bits per heavy atom. The van der Waals surface area contributed by atoms with Crippen LogP contribution in [0.25, 0.3) is 0 Å². The van der Waals surface area contributed by atoms with E-state index < -0.39 is 5.54 Å². The van der Waals surface area contributed by atoms with E-state index in [0.717, 1.165) is 37.7 Å². The van der Waals surface area contributed by atoms with Gasteiger partial charge in [0, 0.05) is 13.1 Å². The zero-order valence-corrected chi connectivity index (χ0v) is 11.9. The molecule has 1 fully saturated rings. The highest BCUT2D eigenvalue weighted by molar-refractivity contribution is 5.32. The third-order valence-electron chi connectivity index (χ3n) is 3.90. The van der Waals surface area contributed by atoms with Crippen molar-refractivity contribution in [2.24, 2.45) is 5.92 Å². The van der Waals surface area contributed by atoms with Crippen LogP contribution in [0.2, 0.25) is 0 Å². The summed E-state index contributed by atoms with van der Waals surface area (Å²) in [6, 6.07) is 12.6. The fourth-order valence-electron chi connectivity index (χ4n) is 2.92. The molecule has 1 aliphatic heterocycles. The molecule has 1 heterocycles. The van der Waals surface area contributed by atoms with Crippen molar-refractivity contribution in [3.05, 3.63) is 35.9 Å². The molecule has 3 nitrogen and oxygen atoms in total. The molecule has 1 aromatic rings. The summed E-state index contributed by atoms with van der Waals surface area (Å²) in [5.74, 6) is 0.744. The zero-order chi connectivity index (χ0) is 13.7. The number of likely N-dealkylation sites (N-methyl/N-ethyl adjacent to an activating group) is 1. The normalized spacial score (nSPS) is 22.9. The summed E-state index contributed by atoms with van der Waals surface area (Å²) in [6.07, 6.45) is 1.24. The highest BCUT2D eigenvalue weighted by Crippen LogP contribution is 2.25. The molecule has 102 valence electrons. The predicted molar refractivity (Wildman–Crippen MR) is 77.6 cm³/mol. The molecule has 2 atom stereocenters. The topological polar surface area (TPSA) is 39.1 Å². The molecule has 0 amide bonds. The second-order valence-electron chi connectivity index (χ2n) is 5.54. The fraction of sp³-hybridized carbons (Fsp3) is 0.562. The van der Waals surface area contributed by atoms with E-state index >= 15 is 0 Å². The standard InChI is InChI=1S/C16H23N3/c1-3-18-16(12-17,15-7-5-4-6-8-15)13-19-10-9-14(2)11-19/h4-8,14,18H,3,9-11,13H2,1-2H3. The monoisotopic (exact) mass is 257 g/mol. The van der Waals surface area contributed by atoms with Crippen molar-refractivity contribution in [2.45, 2.75) is 25.8 Å². The van der Waals surface area contributed by atoms with E-state index in [9.17, 15) is 5.26 Å². The quantitative estimate of drug-likeness (QED) is 0.880. The molecule has 2 rings (SSSR count). The van der Waals surface area contributed by atoms with Gasteiger partial charge < -0.3 is 0 Å². The van der Waals surface area contributed by atoms with Gasteiger partial charge in [0.05, 0.1) is 6.07 Å². The molecule has 0 saturated carbocycles. The van der Waals surface area contributed by atoms with Crippen LogP contribution in [0.4, 0.5) is 0 Å². The Hall–Kier alpha value is -1.37. The molecule has 0 aromatic heterocycles. The average Bonchev–Trinajstić information content (AvgIpc) is 2.84. The van der Waals surface area contributed by atoms with Gasteiger partial charge in [-0.3, -0.25) is 10.2 Å². The van der Waals surface area contributed by atoms with Crippen LogP contribution in [0.15, 0.2) is 30.3 Å². The minimum Gasteiger partial charge on any atom is -0.300 e. The molecule has 1 N–H and O–H groups in total. The molecule has 0 spiro atoms. The second-order valence-corrected chi connectivity index (χ2v) is 5.54. The van der Waals surface area contributed by atoms with Gasteiger partial charge in [-0.1, -0.05) is 44.2 Å². The first kappa shape index (κ1) is 14.0. The van der Waals surface area contributed by atoms with Crippen molar-refractivity contribution in [2.75, 3.05) is 26.2 Å². The number of nitrogens with zero attached hydrogens (tertiary/aromatic N) is 2. The first-order valence-electron chi connectivity index (χ1n) is 7.14. The maximum Gasteiger partial charge on any atom is 0.145 e. The molecule has 19 heavy (non-hydrogen) atoms. The van der Waals surface area contributed by atoms with Crippen molar-refractivity contribution >= 4 is 0 Å². The van der Waals surface area contributed by atoms with Crippen molar-refractivity contribution in [3.8, 4) is 6.07 Å². The maximum absolute atomic E-state index is 9.75. The maximum atomic E-state index is 9.75. The second kappa shape index (κ2) is 6.18. The van der Waals surface area contributed by atoms with E-state index in [1.165, 1.54) is 6.42 Å². The number of nitriles is 1. The van der Waals surface area contributed by atoms with Crippen molar-refractivity contribution in [1.29, 1.82) is 5.26 Å². The van der Waals surface area contributed by atoms with E-state index in [1.807, 2.05) is 30.3 Å². The van der Waals surface area contributed by atoms with E-state index in [2.05, 4.69) is 30.1 Å². The van der Waals surface area contributed by atoms with Crippen LogP contribution in [0, 0.1) is 17.2 Å². The van der Waals surface area contributed by atoms with Gasteiger partial charge in [-0.05, 0) is 31.0 Å². The Labute approximate surface area is 116 Å². The van der Waals surface area contributed by atoms with Gasteiger partial charge in [0.1, 0.15) is 5.54 Å². The number of likely N-dealkylation sites (tertiary alicyclic amines) is 1. The van der Waals surface area contributed by atoms with Gasteiger partial charge in [-0.2, -0.15) is 5.26 Å². The lowest BCUT2D eigenvalue weighted by atomic mass is 9.90. The lowest BCUT2D eigenvalue weighted by Crippen LogP contribution is -2.49. The smallest absolute Gasteiger partial charge is 0.145 e. The van der Waals surface area contributed by atoms with Gasteiger partial charge in [0.15, 0.2) is 0 Å². The fourth-order valence-corrected chi connectivity index (χ4v) is 2.92. The third-order valence-corrected chi connectivity index (χ3v) is 3.90. The highest BCUT2D eigenvalue weighted by atomic mass is 15.2. The van der Waals surface area contributed by atoms with Gasteiger partial charge in [-0.15, -0.1) is 0 Å². The Bertz CT molecular complexity index is 437. The molecule has 0 radical (unpaired) electrons. The summed E-state index contributed by atoms with van der Waals surface area (Å²) in [4.78, 5) is 2.41. The van der Waals surface area contributed by atoms with Crippen molar-refractivity contribution < 1.29 is 0 Å². The molecular weight excluding hydrogens is 234 g/mol. The van der Waals surface area contributed by atoms with Crippen molar-refractivity contribution in [1.82, 2.24) is 10.2 Å². The third kappa shape index (κ3) is 3.15. The first-order chi connectivity index (χ1) is 9.20. The number of benzene rings is 1. The van der Waals surface area contributed by atoms with Crippen LogP contribution >= 0.6 is 0 Å². The van der Waals surface area contributed by atoms with Crippen LogP contribution < -0.4 is 5.32 Å². The summed E-state index contributed by atoms with van der Waals surface area (Å²) in [7, 11) is 0. The van der Waals surface area contributed by atoms with Gasteiger partial charge in [0.25, 0.3) is 0 Å². The minimum absolute atomic E-state index is 0.583. The van der Waals surface area contributed by atoms with Crippen LogP contribution in [0.3, 0.4) is 0 Å². The van der Waals surface area contributed by atoms with E-state index in [0.29, 0.717) is 0 Å². The summed E-state index contributed by atoms with van der Waals surface area (Å²) < 4.78 is 0. The highest BCUT2D eigenvalue weighted by Gasteiger charge is 2.35. The average molecular weight is 257 g/mol. The molecule has 0 bridgehead atoms. The SMILES string of the molecule is CCNC(C#N)(CN1CCC(C)C1)c1ccccc1. The summed E-state index contributed by atoms with van der Waals surface area (Å²) in [6.45, 7) is 8.10. The van der Waals surface area contributed by atoms with Crippen molar-refractivity contribution in [3.63, 3.8) is 0 Å². The van der Waals surface area contributed by atoms with E-state index in [1.54, 1.807) is 0 Å². The lowest BCUT2D eigenvalue weighted by molar-refractivity contribution is 0.246. The molecular formula is C16H23N3. The Morgan fingerprint density at radius 3 is 2.68 bits per heavy atom. The lowest BCUT2D eigenvalue weighted by Gasteiger charge is -2.32. The molecule has 1 aliphatic rings. The van der Waals surface area contributed by atoms with Crippen LogP contribution in [-0.4, -0.2) is 31.1 Å². The molecule has 1 aromatic carbocycles. The van der Waals surface area contributed by atoms with Gasteiger partial charge >= 0.3 is 0 Å². The van der Waals surface area contributed by atoms with E-state index in [4.69, 9.17) is 0 Å². The predicted octanol–water partition coefficient (Wildman–Crippen LogP) is 2.36. The number of hydrogen-bond donors (Lipinski definition) is 1. The summed E-state index contributed by atoms with van der Waals surface area (Å²) in [5, 5.41) is 13.1. The van der Waals surface area contributed by atoms with Gasteiger partial charge in [0.2, 0.25) is 0 Å². The molecule has 0 aliphatic carbocycles. The molecule has 1 saturated heterocycles. The summed E-state index contributed by atoms with van der Waals surface area (Å²) >= 11 is 0. The van der Waals surface area contributed by atoms with Crippen LogP contribution in [0.1, 0.15) is 25.8 Å². The Morgan fingerprint density at radius 1 is 1.42 bits per heavy atom. The first-order valence-corrected chi connectivity index (χ1v) is 7.14. The van der Waals surface area contributed by atoms with E-state index in [-0.39, 0.29) is 0 Å². The van der Waals surface area contributed by atoms with Gasteiger partial charge in [-0.25, -0.2) is 0 Å². The Kier molecular flexibility index (Phi) is 4.57. The van der Waals surface area contributed by atoms with Crippen LogP contribution in [0.5, 0.6) is 0 Å².